The van der Waals surface area contributed by atoms with Gasteiger partial charge in [-0.05, 0) is 17.7 Å². The second-order valence-corrected chi connectivity index (χ2v) is 6.88. The molecule has 0 radical (unpaired) electrons. The van der Waals surface area contributed by atoms with E-state index in [0.29, 0.717) is 19.0 Å². The maximum Gasteiger partial charge on any atom is 0.226 e. The number of aromatic amines is 1. The molecule has 8 heteroatoms. The number of nitrogens with zero attached hydrogens (tertiary/aromatic N) is 4. The Morgan fingerprint density at radius 1 is 1.06 bits per heavy atom. The van der Waals surface area contributed by atoms with Crippen molar-refractivity contribution in [2.24, 2.45) is 4.99 Å². The summed E-state index contributed by atoms with van der Waals surface area (Å²) in [5, 5.41) is 3.32. The first kappa shape index (κ1) is 22.5. The number of guanidine groups is 1. The topological polar surface area (TPSA) is 82.3 Å². The number of hydrogen-bond donors (Lipinski definition) is 2. The van der Waals surface area contributed by atoms with Gasteiger partial charge >= 0.3 is 0 Å². The third-order valence-electron chi connectivity index (χ3n) is 4.67. The molecule has 0 aliphatic carbocycles. The third kappa shape index (κ3) is 5.72. The minimum atomic E-state index is 0. The Balaban J connectivity index is 0.00000272. The van der Waals surface area contributed by atoms with Gasteiger partial charge in [0.1, 0.15) is 12.1 Å². The number of oxazole rings is 1. The number of halogens is 1. The van der Waals surface area contributed by atoms with E-state index in [-0.39, 0.29) is 24.0 Å². The van der Waals surface area contributed by atoms with Gasteiger partial charge in [-0.25, -0.2) is 9.97 Å². The highest BCUT2D eigenvalue weighted by Crippen LogP contribution is 2.18. The van der Waals surface area contributed by atoms with Crippen LogP contribution in [0, 0.1) is 0 Å². The lowest BCUT2D eigenvalue weighted by molar-refractivity contribution is 0.463. The molecule has 0 spiro atoms. The van der Waals surface area contributed by atoms with E-state index in [4.69, 9.17) is 4.42 Å². The molecule has 2 aromatic heterocycles. The Labute approximate surface area is 198 Å². The number of imidazole rings is 1. The summed E-state index contributed by atoms with van der Waals surface area (Å²) >= 11 is 0. The minimum Gasteiger partial charge on any atom is -0.444 e. The number of aromatic nitrogens is 3. The van der Waals surface area contributed by atoms with Gasteiger partial charge in [-0.2, -0.15) is 0 Å². The first-order valence-electron chi connectivity index (χ1n) is 9.74. The minimum absolute atomic E-state index is 0. The second kappa shape index (κ2) is 10.8. The van der Waals surface area contributed by atoms with E-state index < -0.39 is 0 Å². The van der Waals surface area contributed by atoms with Crippen molar-refractivity contribution < 1.29 is 4.42 Å². The average molecular weight is 528 g/mol. The Kier molecular flexibility index (Phi) is 7.82. The standard InChI is InChI=1S/C23H24N6O.HI/c1-24-23(26-13-19-16-30-22(27-19)18-11-7-4-8-12-18)29(2)15-21-25-14-20(28-21)17-9-5-3-6-10-17;/h3-12,14,16H,13,15H2,1-2H3,(H,24,26)(H,25,28);1H. The number of H-pyrrole nitrogens is 1. The molecular formula is C23H25IN6O. The summed E-state index contributed by atoms with van der Waals surface area (Å²) in [4.78, 5) is 18.8. The third-order valence-corrected chi connectivity index (χ3v) is 4.67. The van der Waals surface area contributed by atoms with Crippen LogP contribution >= 0.6 is 24.0 Å². The molecule has 0 bridgehead atoms. The lowest BCUT2D eigenvalue weighted by atomic mass is 10.2. The first-order chi connectivity index (χ1) is 14.7. The van der Waals surface area contributed by atoms with E-state index in [0.717, 1.165) is 34.3 Å². The first-order valence-corrected chi connectivity index (χ1v) is 9.74. The Hall–Kier alpha value is -3.14. The van der Waals surface area contributed by atoms with Crippen LogP contribution in [0.15, 0.2) is 82.5 Å². The molecule has 0 saturated carbocycles. The highest BCUT2D eigenvalue weighted by atomic mass is 127. The van der Waals surface area contributed by atoms with Crippen molar-refractivity contribution in [3.63, 3.8) is 0 Å². The average Bonchev–Trinajstić information content (AvgIpc) is 3.45. The molecular weight excluding hydrogens is 503 g/mol. The van der Waals surface area contributed by atoms with Gasteiger partial charge in [0.05, 0.1) is 30.7 Å². The zero-order valence-electron chi connectivity index (χ0n) is 17.4. The highest BCUT2D eigenvalue weighted by molar-refractivity contribution is 14.0. The van der Waals surface area contributed by atoms with Crippen LogP contribution in [-0.4, -0.2) is 39.9 Å². The number of nitrogens with one attached hydrogen (secondary N) is 2. The van der Waals surface area contributed by atoms with Crippen molar-refractivity contribution in [1.82, 2.24) is 25.2 Å². The second-order valence-electron chi connectivity index (χ2n) is 6.88. The van der Waals surface area contributed by atoms with Crippen molar-refractivity contribution in [3.8, 4) is 22.7 Å². The fourth-order valence-electron chi connectivity index (χ4n) is 3.16. The van der Waals surface area contributed by atoms with Crippen LogP contribution in [0.1, 0.15) is 11.5 Å². The quantitative estimate of drug-likeness (QED) is 0.218. The van der Waals surface area contributed by atoms with Gasteiger partial charge in [-0.1, -0.05) is 48.5 Å². The molecule has 0 aliphatic heterocycles. The summed E-state index contributed by atoms with van der Waals surface area (Å²) in [6.45, 7) is 1.11. The van der Waals surface area contributed by atoms with Gasteiger partial charge < -0.3 is 19.6 Å². The fourth-order valence-corrected chi connectivity index (χ4v) is 3.16. The maximum absolute atomic E-state index is 5.60. The summed E-state index contributed by atoms with van der Waals surface area (Å²) in [5.74, 6) is 2.23. The molecule has 0 amide bonds. The molecule has 0 aliphatic rings. The highest BCUT2D eigenvalue weighted by Gasteiger charge is 2.11. The lowest BCUT2D eigenvalue weighted by Gasteiger charge is -2.20. The van der Waals surface area contributed by atoms with Gasteiger partial charge in [0.2, 0.25) is 5.89 Å². The van der Waals surface area contributed by atoms with Gasteiger partial charge in [-0.15, -0.1) is 24.0 Å². The van der Waals surface area contributed by atoms with Crippen molar-refractivity contribution in [2.45, 2.75) is 13.1 Å². The molecule has 160 valence electrons. The largest absolute Gasteiger partial charge is 0.444 e. The molecule has 0 unspecified atom stereocenters. The van der Waals surface area contributed by atoms with Crippen molar-refractivity contribution in [2.75, 3.05) is 14.1 Å². The van der Waals surface area contributed by atoms with E-state index >= 15 is 0 Å². The summed E-state index contributed by atoms with van der Waals surface area (Å²) in [6, 6.07) is 20.0. The predicted octanol–water partition coefficient (Wildman–Crippen LogP) is 4.56. The number of benzene rings is 2. The van der Waals surface area contributed by atoms with Crippen molar-refractivity contribution in [1.29, 1.82) is 0 Å². The SMILES string of the molecule is CN=C(NCc1coc(-c2ccccc2)n1)N(C)Cc1ncc(-c2ccccc2)[nH]1.I. The van der Waals surface area contributed by atoms with Crippen LogP contribution in [0.3, 0.4) is 0 Å². The zero-order chi connectivity index (χ0) is 20.8. The van der Waals surface area contributed by atoms with Gasteiger partial charge in [0, 0.05) is 19.7 Å². The van der Waals surface area contributed by atoms with Crippen LogP contribution in [0.25, 0.3) is 22.7 Å². The van der Waals surface area contributed by atoms with Crippen LogP contribution in [0.2, 0.25) is 0 Å². The summed E-state index contributed by atoms with van der Waals surface area (Å²) in [6.07, 6.45) is 3.52. The molecule has 2 N–H and O–H groups in total. The number of aliphatic imine (C=N–C) groups is 1. The normalized spacial score (nSPS) is 11.1. The summed E-state index contributed by atoms with van der Waals surface area (Å²) in [7, 11) is 3.73. The molecule has 4 aromatic rings. The molecule has 0 fully saturated rings. The molecule has 2 aromatic carbocycles. The van der Waals surface area contributed by atoms with E-state index in [1.807, 2.05) is 66.7 Å². The molecule has 0 saturated heterocycles. The molecule has 7 nitrogen and oxygen atoms in total. The van der Waals surface area contributed by atoms with Gasteiger partial charge in [0.25, 0.3) is 0 Å². The summed E-state index contributed by atoms with van der Waals surface area (Å²) < 4.78 is 5.60. The van der Waals surface area contributed by atoms with E-state index in [1.165, 1.54) is 0 Å². The number of rotatable bonds is 6. The Morgan fingerprint density at radius 2 is 1.74 bits per heavy atom. The van der Waals surface area contributed by atoms with E-state index in [1.54, 1.807) is 13.3 Å². The molecule has 4 rings (SSSR count). The Bertz CT molecular complexity index is 1110. The van der Waals surface area contributed by atoms with E-state index in [2.05, 4.69) is 37.4 Å². The maximum atomic E-state index is 5.60. The molecule has 0 atom stereocenters. The summed E-state index contributed by atoms with van der Waals surface area (Å²) in [5.41, 5.74) is 3.88. The predicted molar refractivity (Wildman–Crippen MR) is 133 cm³/mol. The van der Waals surface area contributed by atoms with Gasteiger partial charge in [0.15, 0.2) is 5.96 Å². The molecule has 31 heavy (non-hydrogen) atoms. The number of hydrogen-bond acceptors (Lipinski definition) is 4. The zero-order valence-corrected chi connectivity index (χ0v) is 19.8. The van der Waals surface area contributed by atoms with Crippen LogP contribution in [0.5, 0.6) is 0 Å². The van der Waals surface area contributed by atoms with Gasteiger partial charge in [-0.3, -0.25) is 4.99 Å². The fraction of sp³-hybridized carbons (Fsp3) is 0.174. The van der Waals surface area contributed by atoms with Crippen molar-refractivity contribution in [3.05, 3.63) is 84.6 Å². The van der Waals surface area contributed by atoms with E-state index in [9.17, 15) is 0 Å². The van der Waals surface area contributed by atoms with Crippen LogP contribution in [-0.2, 0) is 13.1 Å². The monoisotopic (exact) mass is 528 g/mol. The lowest BCUT2D eigenvalue weighted by Crippen LogP contribution is -2.38. The molecule has 2 heterocycles. The Morgan fingerprint density at radius 3 is 2.42 bits per heavy atom. The van der Waals surface area contributed by atoms with Crippen LogP contribution < -0.4 is 5.32 Å². The smallest absolute Gasteiger partial charge is 0.226 e. The van der Waals surface area contributed by atoms with Crippen molar-refractivity contribution >= 4 is 29.9 Å². The van der Waals surface area contributed by atoms with Crippen LogP contribution in [0.4, 0.5) is 0 Å².